The molecule has 1 fully saturated rings. The maximum Gasteiger partial charge on any atom is 0.147 e. The third kappa shape index (κ3) is 3.21. The molecule has 0 spiro atoms. The van der Waals surface area contributed by atoms with Gasteiger partial charge in [-0.05, 0) is 12.8 Å². The Morgan fingerprint density at radius 1 is 1.12 bits per heavy atom. The van der Waals surface area contributed by atoms with Gasteiger partial charge in [0.15, 0.2) is 0 Å². The molecule has 0 aromatic carbocycles. The molecule has 0 amide bonds. The van der Waals surface area contributed by atoms with E-state index in [0.717, 1.165) is 30.5 Å². The van der Waals surface area contributed by atoms with Gasteiger partial charge in [0, 0.05) is 13.0 Å². The molecule has 0 bridgehead atoms. The molecule has 0 atom stereocenters. The molecule has 0 radical (unpaired) electrons. The zero-order valence-electron chi connectivity index (χ0n) is 10.7. The topological polar surface area (TPSA) is 30.7 Å². The average molecular weight is 256 g/mol. The fourth-order valence-electron chi connectivity index (χ4n) is 2.81. The Labute approximate surface area is 109 Å². The predicted molar refractivity (Wildman–Crippen MR) is 70.1 cm³/mol. The summed E-state index contributed by atoms with van der Waals surface area (Å²) in [4.78, 5) is 0. The molecule has 1 aliphatic rings. The number of rotatable bonds is 4. The first-order valence-electron chi connectivity index (χ1n) is 6.82. The van der Waals surface area contributed by atoms with Gasteiger partial charge >= 0.3 is 0 Å². The summed E-state index contributed by atoms with van der Waals surface area (Å²) in [6, 6.07) is 0. The number of halogens is 1. The zero-order valence-corrected chi connectivity index (χ0v) is 11.4. The molecule has 2 rings (SSSR count). The molecule has 96 valence electrons. The second-order valence-corrected chi connectivity index (χ2v) is 5.24. The lowest BCUT2D eigenvalue weighted by Gasteiger charge is -2.14. The van der Waals surface area contributed by atoms with Crippen LogP contribution in [0.15, 0.2) is 0 Å². The molecule has 0 saturated heterocycles. The van der Waals surface area contributed by atoms with E-state index in [4.69, 9.17) is 11.6 Å². The van der Waals surface area contributed by atoms with E-state index in [1.54, 1.807) is 0 Å². The molecule has 17 heavy (non-hydrogen) atoms. The van der Waals surface area contributed by atoms with Crippen LogP contribution < -0.4 is 0 Å². The number of hydrogen-bond acceptors (Lipinski definition) is 2. The monoisotopic (exact) mass is 255 g/mol. The van der Waals surface area contributed by atoms with Crippen molar-refractivity contribution >= 4 is 11.6 Å². The summed E-state index contributed by atoms with van der Waals surface area (Å²) < 4.78 is 2.18. The molecule has 4 heteroatoms. The van der Waals surface area contributed by atoms with Crippen molar-refractivity contribution in [3.8, 4) is 0 Å². The number of nitrogens with zero attached hydrogens (tertiary/aromatic N) is 3. The third-order valence-corrected chi connectivity index (χ3v) is 4.02. The Balaban J connectivity index is 2.03. The van der Waals surface area contributed by atoms with E-state index in [9.17, 15) is 0 Å². The van der Waals surface area contributed by atoms with Crippen LogP contribution in [-0.4, -0.2) is 14.8 Å². The lowest BCUT2D eigenvalue weighted by atomic mass is 9.96. The Kier molecular flexibility index (Phi) is 4.84. The van der Waals surface area contributed by atoms with Gasteiger partial charge in [0.05, 0.1) is 5.88 Å². The van der Waals surface area contributed by atoms with Crippen molar-refractivity contribution in [2.45, 2.75) is 64.3 Å². The third-order valence-electron chi connectivity index (χ3n) is 3.79. The van der Waals surface area contributed by atoms with E-state index in [2.05, 4.69) is 21.7 Å². The Morgan fingerprint density at radius 2 is 1.76 bits per heavy atom. The van der Waals surface area contributed by atoms with Crippen LogP contribution in [0.25, 0.3) is 0 Å². The maximum absolute atomic E-state index is 5.87. The van der Waals surface area contributed by atoms with Crippen LogP contribution in [0, 0.1) is 5.92 Å². The van der Waals surface area contributed by atoms with Gasteiger partial charge in [0.1, 0.15) is 11.6 Å². The van der Waals surface area contributed by atoms with Crippen LogP contribution in [0.5, 0.6) is 0 Å². The highest BCUT2D eigenvalue weighted by molar-refractivity contribution is 6.16. The Hall–Kier alpha value is -0.570. The van der Waals surface area contributed by atoms with Crippen molar-refractivity contribution < 1.29 is 0 Å². The molecular formula is C13H22ClN3. The largest absolute Gasteiger partial charge is 0.314 e. The van der Waals surface area contributed by atoms with Crippen molar-refractivity contribution in [1.82, 2.24) is 14.8 Å². The van der Waals surface area contributed by atoms with Crippen molar-refractivity contribution in [2.75, 3.05) is 0 Å². The molecule has 3 nitrogen and oxygen atoms in total. The summed E-state index contributed by atoms with van der Waals surface area (Å²) in [5.74, 6) is 3.31. The second kappa shape index (κ2) is 6.39. The van der Waals surface area contributed by atoms with E-state index < -0.39 is 0 Å². The fraction of sp³-hybridized carbons (Fsp3) is 0.846. The van der Waals surface area contributed by atoms with Crippen molar-refractivity contribution in [3.63, 3.8) is 0 Å². The van der Waals surface area contributed by atoms with Crippen LogP contribution in [0.1, 0.15) is 57.1 Å². The van der Waals surface area contributed by atoms with E-state index in [-0.39, 0.29) is 0 Å². The van der Waals surface area contributed by atoms with Gasteiger partial charge in [-0.25, -0.2) is 0 Å². The smallest absolute Gasteiger partial charge is 0.147 e. The molecule has 1 aromatic rings. The quantitative estimate of drug-likeness (QED) is 0.609. The van der Waals surface area contributed by atoms with E-state index in [0.29, 0.717) is 5.88 Å². The summed E-state index contributed by atoms with van der Waals surface area (Å²) in [6.07, 6.45) is 9.37. The van der Waals surface area contributed by atoms with Crippen LogP contribution in [0.4, 0.5) is 0 Å². The molecule has 1 heterocycles. The second-order valence-electron chi connectivity index (χ2n) is 4.97. The first kappa shape index (κ1) is 12.9. The molecule has 1 saturated carbocycles. The van der Waals surface area contributed by atoms with Crippen LogP contribution >= 0.6 is 11.6 Å². The van der Waals surface area contributed by atoms with Crippen LogP contribution in [0.3, 0.4) is 0 Å². The van der Waals surface area contributed by atoms with Gasteiger partial charge in [-0.1, -0.05) is 38.5 Å². The molecule has 0 aliphatic heterocycles. The maximum atomic E-state index is 5.87. The van der Waals surface area contributed by atoms with Gasteiger partial charge in [-0.2, -0.15) is 0 Å². The highest BCUT2D eigenvalue weighted by Gasteiger charge is 2.17. The van der Waals surface area contributed by atoms with Gasteiger partial charge in [0.25, 0.3) is 0 Å². The molecular weight excluding hydrogens is 234 g/mol. The highest BCUT2D eigenvalue weighted by atomic mass is 35.5. The first-order chi connectivity index (χ1) is 8.35. The Morgan fingerprint density at radius 3 is 2.35 bits per heavy atom. The molecule has 0 N–H and O–H groups in total. The van der Waals surface area contributed by atoms with Crippen molar-refractivity contribution in [3.05, 3.63) is 11.6 Å². The lowest BCUT2D eigenvalue weighted by Crippen LogP contribution is -2.11. The zero-order chi connectivity index (χ0) is 12.1. The Bertz CT molecular complexity index is 340. The fourth-order valence-corrected chi connectivity index (χ4v) is 3.01. The lowest BCUT2D eigenvalue weighted by molar-refractivity contribution is 0.438. The summed E-state index contributed by atoms with van der Waals surface area (Å²) in [6.45, 7) is 3.06. The van der Waals surface area contributed by atoms with Gasteiger partial charge in [0.2, 0.25) is 0 Å². The number of alkyl halides is 1. The predicted octanol–water partition coefficient (Wildman–Crippen LogP) is 3.55. The minimum absolute atomic E-state index is 0.464. The summed E-state index contributed by atoms with van der Waals surface area (Å²) in [5.41, 5.74) is 0. The first-order valence-corrected chi connectivity index (χ1v) is 7.35. The van der Waals surface area contributed by atoms with E-state index in [1.807, 2.05) is 0 Å². The van der Waals surface area contributed by atoms with E-state index >= 15 is 0 Å². The molecule has 0 unspecified atom stereocenters. The van der Waals surface area contributed by atoms with Crippen molar-refractivity contribution in [2.24, 2.45) is 5.92 Å². The van der Waals surface area contributed by atoms with Gasteiger partial charge in [-0.15, -0.1) is 21.8 Å². The summed E-state index contributed by atoms with van der Waals surface area (Å²) in [5, 5.41) is 8.49. The minimum Gasteiger partial charge on any atom is -0.314 e. The highest BCUT2D eigenvalue weighted by Crippen LogP contribution is 2.25. The number of aromatic nitrogens is 3. The summed E-state index contributed by atoms with van der Waals surface area (Å²) >= 11 is 5.87. The average Bonchev–Trinajstić information content (AvgIpc) is 2.55. The molecule has 1 aromatic heterocycles. The number of hydrogen-bond donors (Lipinski definition) is 0. The molecule has 1 aliphatic carbocycles. The summed E-state index contributed by atoms with van der Waals surface area (Å²) in [7, 11) is 0. The van der Waals surface area contributed by atoms with Crippen LogP contribution in [-0.2, 0) is 18.8 Å². The SMILES string of the molecule is CCn1c(CCl)nnc1CC1CCCCCC1. The standard InChI is InChI=1S/C13H22ClN3/c1-2-17-12(15-16-13(17)10-14)9-11-7-5-3-4-6-8-11/h11H,2-10H2,1H3. The minimum atomic E-state index is 0.464. The van der Waals surface area contributed by atoms with Gasteiger partial charge < -0.3 is 4.57 Å². The van der Waals surface area contributed by atoms with Crippen molar-refractivity contribution in [1.29, 1.82) is 0 Å². The van der Waals surface area contributed by atoms with E-state index in [1.165, 1.54) is 38.5 Å². The van der Waals surface area contributed by atoms with Crippen LogP contribution in [0.2, 0.25) is 0 Å². The van der Waals surface area contributed by atoms with Gasteiger partial charge in [-0.3, -0.25) is 0 Å². The normalized spacial score (nSPS) is 18.2.